The Morgan fingerprint density at radius 3 is 2.55 bits per heavy atom. The van der Waals surface area contributed by atoms with Gasteiger partial charge in [0.1, 0.15) is 0 Å². The van der Waals surface area contributed by atoms with E-state index in [1.807, 2.05) is 32.3 Å². The predicted molar refractivity (Wildman–Crippen MR) is 78.7 cm³/mol. The number of hydrogen-bond acceptors (Lipinski definition) is 3. The van der Waals surface area contributed by atoms with Gasteiger partial charge >= 0.3 is 0 Å². The van der Waals surface area contributed by atoms with Crippen molar-refractivity contribution in [2.45, 2.75) is 12.5 Å². The minimum Gasteiger partial charge on any atom is -0.459 e. The van der Waals surface area contributed by atoms with E-state index in [9.17, 15) is 4.79 Å². The van der Waals surface area contributed by atoms with Gasteiger partial charge in [0.15, 0.2) is 5.76 Å². The standard InChI is InChI=1S/C16H20N2O2/c1-18(2)14(11-13-7-4-3-5-8-13)12-17-16(19)15-9-6-10-20-15/h3-10,14H,11-12H2,1-2H3,(H,17,19). The molecule has 0 fully saturated rings. The zero-order chi connectivity index (χ0) is 14.4. The smallest absolute Gasteiger partial charge is 0.287 e. The fourth-order valence-corrected chi connectivity index (χ4v) is 2.03. The predicted octanol–water partition coefficient (Wildman–Crippen LogP) is 2.18. The highest BCUT2D eigenvalue weighted by atomic mass is 16.3. The second-order valence-electron chi connectivity index (χ2n) is 4.99. The highest BCUT2D eigenvalue weighted by Gasteiger charge is 2.15. The maximum atomic E-state index is 11.9. The van der Waals surface area contributed by atoms with E-state index >= 15 is 0 Å². The molecule has 0 radical (unpaired) electrons. The molecule has 1 aromatic heterocycles. The molecule has 1 atom stereocenters. The number of nitrogens with one attached hydrogen (secondary N) is 1. The van der Waals surface area contributed by atoms with Crippen LogP contribution in [-0.2, 0) is 6.42 Å². The molecule has 0 saturated heterocycles. The average molecular weight is 272 g/mol. The average Bonchev–Trinajstić information content (AvgIpc) is 2.98. The van der Waals surface area contributed by atoms with E-state index in [2.05, 4.69) is 22.3 Å². The van der Waals surface area contributed by atoms with Gasteiger partial charge in [-0.2, -0.15) is 0 Å². The highest BCUT2D eigenvalue weighted by molar-refractivity contribution is 5.91. The summed E-state index contributed by atoms with van der Waals surface area (Å²) < 4.78 is 5.08. The Balaban J connectivity index is 1.91. The molecule has 0 aliphatic carbocycles. The molecular weight excluding hydrogens is 252 g/mol. The monoisotopic (exact) mass is 272 g/mol. The van der Waals surface area contributed by atoms with Crippen LogP contribution in [0.3, 0.4) is 0 Å². The third kappa shape index (κ3) is 3.96. The van der Waals surface area contributed by atoms with Crippen LogP contribution < -0.4 is 5.32 Å². The van der Waals surface area contributed by atoms with Crippen molar-refractivity contribution in [3.05, 3.63) is 60.1 Å². The number of furan rings is 1. The molecule has 1 aromatic carbocycles. The summed E-state index contributed by atoms with van der Waals surface area (Å²) in [5, 5.41) is 2.91. The lowest BCUT2D eigenvalue weighted by Gasteiger charge is -2.24. The second-order valence-corrected chi connectivity index (χ2v) is 4.99. The van der Waals surface area contributed by atoms with E-state index in [4.69, 9.17) is 4.42 Å². The van der Waals surface area contributed by atoms with Gasteiger partial charge in [0.05, 0.1) is 6.26 Å². The first-order chi connectivity index (χ1) is 9.66. The Bertz CT molecular complexity index is 521. The van der Waals surface area contributed by atoms with E-state index in [1.54, 1.807) is 12.1 Å². The molecule has 2 rings (SSSR count). The molecule has 2 aromatic rings. The molecule has 0 aliphatic heterocycles. The number of nitrogens with zero attached hydrogens (tertiary/aromatic N) is 1. The summed E-state index contributed by atoms with van der Waals surface area (Å²) in [5.74, 6) is 0.178. The van der Waals surface area contributed by atoms with Crippen molar-refractivity contribution < 1.29 is 9.21 Å². The van der Waals surface area contributed by atoms with Crippen LogP contribution >= 0.6 is 0 Å². The summed E-state index contributed by atoms with van der Waals surface area (Å²) in [6, 6.07) is 13.9. The van der Waals surface area contributed by atoms with Crippen LogP contribution in [0.2, 0.25) is 0 Å². The SMILES string of the molecule is CN(C)C(CNC(=O)c1ccco1)Cc1ccccc1. The van der Waals surface area contributed by atoms with Gasteiger partial charge in [-0.15, -0.1) is 0 Å². The Hall–Kier alpha value is -2.07. The summed E-state index contributed by atoms with van der Waals surface area (Å²) >= 11 is 0. The van der Waals surface area contributed by atoms with Gasteiger partial charge < -0.3 is 14.6 Å². The third-order valence-electron chi connectivity index (χ3n) is 3.29. The number of amides is 1. The molecule has 106 valence electrons. The van der Waals surface area contributed by atoms with Crippen molar-refractivity contribution in [1.29, 1.82) is 0 Å². The van der Waals surface area contributed by atoms with Gasteiger partial charge in [-0.25, -0.2) is 0 Å². The number of carbonyl (C=O) groups excluding carboxylic acids is 1. The summed E-state index contributed by atoms with van der Waals surface area (Å²) in [5.41, 5.74) is 1.26. The zero-order valence-electron chi connectivity index (χ0n) is 11.9. The Kier molecular flexibility index (Phi) is 4.96. The Labute approximate surface area is 119 Å². The maximum absolute atomic E-state index is 11.9. The molecule has 20 heavy (non-hydrogen) atoms. The molecule has 4 heteroatoms. The second kappa shape index (κ2) is 6.91. The van der Waals surface area contributed by atoms with Crippen LogP contribution in [0.4, 0.5) is 0 Å². The van der Waals surface area contributed by atoms with Gasteiger partial charge in [-0.05, 0) is 38.2 Å². The third-order valence-corrected chi connectivity index (χ3v) is 3.29. The number of benzene rings is 1. The molecule has 1 amide bonds. The largest absolute Gasteiger partial charge is 0.459 e. The first-order valence-electron chi connectivity index (χ1n) is 6.69. The summed E-state index contributed by atoms with van der Waals surface area (Å²) in [4.78, 5) is 14.0. The summed E-state index contributed by atoms with van der Waals surface area (Å²) in [6.45, 7) is 0.585. The van der Waals surface area contributed by atoms with E-state index in [0.717, 1.165) is 6.42 Å². The van der Waals surface area contributed by atoms with E-state index in [0.29, 0.717) is 12.3 Å². The first kappa shape index (κ1) is 14.3. The molecule has 1 heterocycles. The molecule has 4 nitrogen and oxygen atoms in total. The number of likely N-dealkylation sites (N-methyl/N-ethyl adjacent to an activating group) is 1. The minimum absolute atomic E-state index is 0.171. The zero-order valence-corrected chi connectivity index (χ0v) is 11.9. The fraction of sp³-hybridized carbons (Fsp3) is 0.312. The molecule has 1 N–H and O–H groups in total. The van der Waals surface area contributed by atoms with Crippen molar-refractivity contribution in [1.82, 2.24) is 10.2 Å². The van der Waals surface area contributed by atoms with Crippen molar-refractivity contribution in [2.24, 2.45) is 0 Å². The molecule has 1 unspecified atom stereocenters. The van der Waals surface area contributed by atoms with Gasteiger partial charge in [0, 0.05) is 12.6 Å². The lowest BCUT2D eigenvalue weighted by atomic mass is 10.1. The molecule has 0 bridgehead atoms. The number of carbonyl (C=O) groups is 1. The highest BCUT2D eigenvalue weighted by Crippen LogP contribution is 2.07. The lowest BCUT2D eigenvalue weighted by Crippen LogP contribution is -2.41. The summed E-state index contributed by atoms with van der Waals surface area (Å²) in [7, 11) is 4.04. The minimum atomic E-state index is -0.171. The van der Waals surface area contributed by atoms with Crippen LogP contribution in [0.5, 0.6) is 0 Å². The normalized spacial score (nSPS) is 12.3. The quantitative estimate of drug-likeness (QED) is 0.876. The van der Waals surface area contributed by atoms with Gasteiger partial charge in [-0.3, -0.25) is 4.79 Å². The van der Waals surface area contributed by atoms with Crippen molar-refractivity contribution in [2.75, 3.05) is 20.6 Å². The van der Waals surface area contributed by atoms with Gasteiger partial charge in [-0.1, -0.05) is 30.3 Å². The Morgan fingerprint density at radius 1 is 1.20 bits per heavy atom. The first-order valence-corrected chi connectivity index (χ1v) is 6.69. The molecular formula is C16H20N2O2. The van der Waals surface area contributed by atoms with Crippen LogP contribution in [0, 0.1) is 0 Å². The van der Waals surface area contributed by atoms with Crippen molar-refractivity contribution in [3.8, 4) is 0 Å². The maximum Gasteiger partial charge on any atom is 0.287 e. The van der Waals surface area contributed by atoms with Gasteiger partial charge in [0.2, 0.25) is 0 Å². The van der Waals surface area contributed by atoms with Crippen molar-refractivity contribution >= 4 is 5.91 Å². The molecule has 0 saturated carbocycles. The van der Waals surface area contributed by atoms with Crippen molar-refractivity contribution in [3.63, 3.8) is 0 Å². The number of hydrogen-bond donors (Lipinski definition) is 1. The fourth-order valence-electron chi connectivity index (χ4n) is 2.03. The number of rotatable bonds is 6. The Morgan fingerprint density at radius 2 is 1.95 bits per heavy atom. The van der Waals surface area contributed by atoms with Crippen LogP contribution in [0.15, 0.2) is 53.1 Å². The summed E-state index contributed by atoms with van der Waals surface area (Å²) in [6.07, 6.45) is 2.40. The molecule has 0 aliphatic rings. The van der Waals surface area contributed by atoms with Gasteiger partial charge in [0.25, 0.3) is 5.91 Å². The van der Waals surface area contributed by atoms with E-state index in [-0.39, 0.29) is 11.9 Å². The van der Waals surface area contributed by atoms with Crippen LogP contribution in [0.25, 0.3) is 0 Å². The van der Waals surface area contributed by atoms with E-state index in [1.165, 1.54) is 11.8 Å². The topological polar surface area (TPSA) is 45.5 Å². The molecule has 0 spiro atoms. The van der Waals surface area contributed by atoms with Crippen LogP contribution in [-0.4, -0.2) is 37.5 Å². The van der Waals surface area contributed by atoms with Crippen LogP contribution in [0.1, 0.15) is 16.1 Å². The lowest BCUT2D eigenvalue weighted by molar-refractivity contribution is 0.0914. The van der Waals surface area contributed by atoms with E-state index < -0.39 is 0 Å².